The van der Waals surface area contributed by atoms with Crippen molar-refractivity contribution in [1.29, 1.82) is 0 Å². The lowest BCUT2D eigenvalue weighted by Gasteiger charge is -2.14. The van der Waals surface area contributed by atoms with E-state index in [4.69, 9.17) is 14.2 Å². The number of nitrogens with zero attached hydrogens (tertiary/aromatic N) is 1. The van der Waals surface area contributed by atoms with Crippen molar-refractivity contribution in [2.24, 2.45) is 4.99 Å². The molecule has 0 spiro atoms. The Morgan fingerprint density at radius 2 is 1.92 bits per heavy atom. The van der Waals surface area contributed by atoms with Gasteiger partial charge < -0.3 is 24.8 Å². The average Bonchev–Trinajstić information content (AvgIpc) is 2.60. The number of rotatable bonds is 10. The van der Waals surface area contributed by atoms with E-state index in [1.165, 1.54) is 0 Å². The molecule has 0 fully saturated rings. The Hall–Kier alpha value is -1.71. The second kappa shape index (κ2) is 14.5. The van der Waals surface area contributed by atoms with E-state index in [0.717, 1.165) is 12.2 Å². The summed E-state index contributed by atoms with van der Waals surface area (Å²) in [6.07, 6.45) is 1.01. The Labute approximate surface area is 172 Å². The Balaban J connectivity index is 0.00000625. The first-order valence-electron chi connectivity index (χ1n) is 8.66. The van der Waals surface area contributed by atoms with Gasteiger partial charge in [-0.15, -0.1) is 24.0 Å². The predicted octanol–water partition coefficient (Wildman–Crippen LogP) is 3.43. The van der Waals surface area contributed by atoms with Crippen LogP contribution < -0.4 is 20.1 Å². The van der Waals surface area contributed by atoms with Gasteiger partial charge in [-0.2, -0.15) is 0 Å². The molecule has 0 unspecified atom stereocenters. The Bertz CT molecular complexity index is 567. The van der Waals surface area contributed by atoms with E-state index in [-0.39, 0.29) is 29.9 Å². The maximum Gasteiger partial charge on any atom is 0.305 e. The van der Waals surface area contributed by atoms with Crippen LogP contribution in [0.2, 0.25) is 0 Å². The van der Waals surface area contributed by atoms with E-state index >= 15 is 0 Å². The number of halogens is 1. The highest BCUT2D eigenvalue weighted by Gasteiger charge is 2.07. The molecule has 0 aliphatic carbocycles. The van der Waals surface area contributed by atoms with Crippen LogP contribution in [0.5, 0.6) is 11.5 Å². The van der Waals surface area contributed by atoms with Crippen LogP contribution in [0.4, 0.5) is 5.69 Å². The fourth-order valence-corrected chi connectivity index (χ4v) is 2.11. The lowest BCUT2D eigenvalue weighted by atomic mass is 10.2. The van der Waals surface area contributed by atoms with E-state index in [9.17, 15) is 4.79 Å². The van der Waals surface area contributed by atoms with Crippen molar-refractivity contribution in [2.75, 3.05) is 38.7 Å². The summed E-state index contributed by atoms with van der Waals surface area (Å²) >= 11 is 0. The maximum atomic E-state index is 11.3. The van der Waals surface area contributed by atoms with E-state index < -0.39 is 0 Å². The van der Waals surface area contributed by atoms with Crippen LogP contribution in [0.15, 0.2) is 23.2 Å². The number of carbonyl (C=O) groups excluding carboxylic acids is 1. The van der Waals surface area contributed by atoms with Crippen molar-refractivity contribution >= 4 is 41.6 Å². The summed E-state index contributed by atoms with van der Waals surface area (Å²) in [7, 11) is 1.61. The molecule has 0 aromatic heterocycles. The minimum atomic E-state index is -0.188. The van der Waals surface area contributed by atoms with Gasteiger partial charge in [-0.1, -0.05) is 0 Å². The number of hydrogen-bond donors (Lipinski definition) is 2. The van der Waals surface area contributed by atoms with Gasteiger partial charge in [-0.25, -0.2) is 0 Å². The molecule has 0 amide bonds. The van der Waals surface area contributed by atoms with Gasteiger partial charge in [0.25, 0.3) is 0 Å². The molecule has 7 nitrogen and oxygen atoms in total. The number of benzene rings is 1. The van der Waals surface area contributed by atoms with Crippen molar-refractivity contribution in [3.05, 3.63) is 18.2 Å². The third-order valence-electron chi connectivity index (χ3n) is 3.18. The standard InChI is InChI=1S/C18H29N3O4.HI/c1-5-19-18(20-12-8-9-17(22)25-7-3)21-14-10-11-15(24-6-2)16(13-14)23-4;/h10-11,13H,5-9,12H2,1-4H3,(H2,19,20,21);1H. The molecular weight excluding hydrogens is 449 g/mol. The number of aliphatic imine (C=N–C) groups is 1. The number of nitrogens with one attached hydrogen (secondary N) is 2. The Morgan fingerprint density at radius 3 is 2.54 bits per heavy atom. The predicted molar refractivity (Wildman–Crippen MR) is 115 cm³/mol. The van der Waals surface area contributed by atoms with E-state index in [2.05, 4.69) is 15.6 Å². The first kappa shape index (κ1) is 24.3. The summed E-state index contributed by atoms with van der Waals surface area (Å²) in [6.45, 7) is 7.97. The Morgan fingerprint density at radius 1 is 1.15 bits per heavy atom. The highest BCUT2D eigenvalue weighted by Crippen LogP contribution is 2.30. The summed E-state index contributed by atoms with van der Waals surface area (Å²) in [5, 5.41) is 6.40. The first-order chi connectivity index (χ1) is 12.1. The van der Waals surface area contributed by atoms with Crippen molar-refractivity contribution in [3.63, 3.8) is 0 Å². The lowest BCUT2D eigenvalue weighted by molar-refractivity contribution is -0.143. The van der Waals surface area contributed by atoms with E-state index in [1.54, 1.807) is 14.0 Å². The largest absolute Gasteiger partial charge is 0.493 e. The molecular formula is C18H30IN3O4. The second-order valence-corrected chi connectivity index (χ2v) is 5.09. The molecule has 0 atom stereocenters. The zero-order valence-electron chi connectivity index (χ0n) is 16.0. The summed E-state index contributed by atoms with van der Waals surface area (Å²) in [6, 6.07) is 5.62. The van der Waals surface area contributed by atoms with Crippen LogP contribution in [-0.2, 0) is 9.53 Å². The third-order valence-corrected chi connectivity index (χ3v) is 3.18. The summed E-state index contributed by atoms with van der Waals surface area (Å²) in [5.74, 6) is 1.82. The summed E-state index contributed by atoms with van der Waals surface area (Å²) in [5.41, 5.74) is 0.838. The summed E-state index contributed by atoms with van der Waals surface area (Å²) < 4.78 is 15.8. The average molecular weight is 479 g/mol. The van der Waals surface area contributed by atoms with Gasteiger partial charge in [0.05, 0.1) is 20.3 Å². The minimum Gasteiger partial charge on any atom is -0.493 e. The zero-order valence-corrected chi connectivity index (χ0v) is 18.3. The molecule has 0 aliphatic rings. The number of carbonyl (C=O) groups is 1. The van der Waals surface area contributed by atoms with Crippen LogP contribution >= 0.6 is 24.0 Å². The molecule has 8 heteroatoms. The normalized spacial score (nSPS) is 10.5. The molecule has 0 aliphatic heterocycles. The van der Waals surface area contributed by atoms with Gasteiger partial charge in [-0.05, 0) is 39.3 Å². The van der Waals surface area contributed by atoms with Crippen LogP contribution in [0.25, 0.3) is 0 Å². The van der Waals surface area contributed by atoms with Crippen molar-refractivity contribution in [1.82, 2.24) is 5.32 Å². The quantitative estimate of drug-likeness (QED) is 0.176. The molecule has 1 rings (SSSR count). The molecule has 148 valence electrons. The van der Waals surface area contributed by atoms with Crippen LogP contribution in [0, 0.1) is 0 Å². The van der Waals surface area contributed by atoms with Crippen LogP contribution in [0.1, 0.15) is 33.6 Å². The fraction of sp³-hybridized carbons (Fsp3) is 0.556. The topological polar surface area (TPSA) is 81.2 Å². The van der Waals surface area contributed by atoms with Gasteiger partial charge in [-0.3, -0.25) is 9.79 Å². The van der Waals surface area contributed by atoms with Crippen LogP contribution in [-0.4, -0.2) is 45.3 Å². The molecule has 1 aromatic carbocycles. The zero-order chi connectivity index (χ0) is 18.5. The number of ether oxygens (including phenoxy) is 3. The third kappa shape index (κ3) is 9.12. The number of methoxy groups -OCH3 is 1. The SMILES string of the molecule is CCNC(=NCCCC(=O)OCC)Nc1ccc(OCC)c(OC)c1.I. The van der Waals surface area contributed by atoms with E-state index in [0.29, 0.717) is 50.1 Å². The minimum absolute atomic E-state index is 0. The number of anilines is 1. The number of hydrogen-bond acceptors (Lipinski definition) is 5. The van der Waals surface area contributed by atoms with Crippen LogP contribution in [0.3, 0.4) is 0 Å². The first-order valence-corrected chi connectivity index (χ1v) is 8.66. The molecule has 0 saturated heterocycles. The number of guanidine groups is 1. The molecule has 0 heterocycles. The maximum absolute atomic E-state index is 11.3. The highest BCUT2D eigenvalue weighted by molar-refractivity contribution is 14.0. The molecule has 1 aromatic rings. The molecule has 2 N–H and O–H groups in total. The van der Waals surface area contributed by atoms with Crippen molar-refractivity contribution in [2.45, 2.75) is 33.6 Å². The highest BCUT2D eigenvalue weighted by atomic mass is 127. The second-order valence-electron chi connectivity index (χ2n) is 5.09. The van der Waals surface area contributed by atoms with Gasteiger partial charge >= 0.3 is 5.97 Å². The lowest BCUT2D eigenvalue weighted by Crippen LogP contribution is -2.30. The smallest absolute Gasteiger partial charge is 0.305 e. The monoisotopic (exact) mass is 479 g/mol. The van der Waals surface area contributed by atoms with Gasteiger partial charge in [0, 0.05) is 31.3 Å². The molecule has 0 saturated carbocycles. The van der Waals surface area contributed by atoms with Crippen molar-refractivity contribution < 1.29 is 19.0 Å². The molecule has 0 bridgehead atoms. The molecule has 0 radical (unpaired) electrons. The van der Waals surface area contributed by atoms with Crippen molar-refractivity contribution in [3.8, 4) is 11.5 Å². The number of esters is 1. The Kier molecular flexibility index (Phi) is 13.5. The van der Waals surface area contributed by atoms with Gasteiger partial charge in [0.1, 0.15) is 0 Å². The summed E-state index contributed by atoms with van der Waals surface area (Å²) in [4.78, 5) is 15.8. The van der Waals surface area contributed by atoms with Gasteiger partial charge in [0.15, 0.2) is 17.5 Å². The fourth-order valence-electron chi connectivity index (χ4n) is 2.11. The molecule has 26 heavy (non-hydrogen) atoms. The van der Waals surface area contributed by atoms with Gasteiger partial charge in [0.2, 0.25) is 0 Å². The van der Waals surface area contributed by atoms with E-state index in [1.807, 2.05) is 32.0 Å².